The van der Waals surface area contributed by atoms with Gasteiger partial charge in [0.1, 0.15) is 36.7 Å². The normalized spacial score (nSPS) is 14.2. The van der Waals surface area contributed by atoms with Crippen molar-refractivity contribution < 1.29 is 50.5 Å². The Morgan fingerprint density at radius 2 is 1.63 bits per heavy atom. The number of nitrogens with two attached hydrogens (primary N) is 1. The van der Waals surface area contributed by atoms with Crippen LogP contribution in [-0.2, 0) is 32.6 Å². The first-order valence-corrected chi connectivity index (χ1v) is 16.9. The molecule has 1 aliphatic rings. The standard InChI is InChI=1S/C31H38N4O6S.C2HF3O2/c1-2-42(37,38)34-26(22-39-29-10-6-9-25(20-29)30(32)33)19-23-11-13-27(14-12-23)41-28-15-17-35(18-16-28)31(36)40-21-24-7-4-3-5-8-24;3-2(4,5)1(6)7/h3-14,20,26,28,34H,2,15-19,21-22H2,1H3,(H3,32,33);(H,6,7)/t26-;/m0./s1. The molecule has 0 aromatic heterocycles. The van der Waals surface area contributed by atoms with E-state index in [2.05, 4.69) is 4.72 Å². The lowest BCUT2D eigenvalue weighted by molar-refractivity contribution is -0.192. The Morgan fingerprint density at radius 3 is 2.20 bits per heavy atom. The molecule has 0 aliphatic carbocycles. The summed E-state index contributed by atoms with van der Waals surface area (Å²) in [5.74, 6) is -1.65. The van der Waals surface area contributed by atoms with Gasteiger partial charge in [-0.3, -0.25) is 5.41 Å². The van der Waals surface area contributed by atoms with E-state index in [0.717, 1.165) is 11.1 Å². The van der Waals surface area contributed by atoms with Crippen molar-refractivity contribution in [2.24, 2.45) is 5.73 Å². The lowest BCUT2D eigenvalue weighted by Gasteiger charge is -2.31. The molecule has 0 spiro atoms. The highest BCUT2D eigenvalue weighted by atomic mass is 32.2. The van der Waals surface area contributed by atoms with E-state index < -0.39 is 28.2 Å². The van der Waals surface area contributed by atoms with Crippen molar-refractivity contribution in [1.82, 2.24) is 9.62 Å². The van der Waals surface area contributed by atoms with Crippen LogP contribution in [0, 0.1) is 5.41 Å². The highest BCUT2D eigenvalue weighted by Gasteiger charge is 2.38. The molecule has 1 saturated heterocycles. The number of amides is 1. The number of nitrogens with zero attached hydrogens (tertiary/aromatic N) is 1. The summed E-state index contributed by atoms with van der Waals surface area (Å²) in [7, 11) is -3.47. The number of likely N-dealkylation sites (tertiary alicyclic amines) is 1. The van der Waals surface area contributed by atoms with Gasteiger partial charge < -0.3 is 30.0 Å². The maximum Gasteiger partial charge on any atom is 0.490 e. The van der Waals surface area contributed by atoms with E-state index in [-0.39, 0.29) is 37.0 Å². The van der Waals surface area contributed by atoms with Crippen LogP contribution in [0.2, 0.25) is 0 Å². The predicted octanol–water partition coefficient (Wildman–Crippen LogP) is 4.71. The van der Waals surface area contributed by atoms with Gasteiger partial charge in [0.2, 0.25) is 10.0 Å². The Hall–Kier alpha value is -4.83. The fourth-order valence-electron chi connectivity index (χ4n) is 4.57. The van der Waals surface area contributed by atoms with Crippen molar-refractivity contribution >= 4 is 27.9 Å². The molecule has 4 rings (SSSR count). The summed E-state index contributed by atoms with van der Waals surface area (Å²) in [5.41, 5.74) is 7.97. The lowest BCUT2D eigenvalue weighted by Crippen LogP contribution is -2.42. The SMILES string of the molecule is CCS(=O)(=O)N[C@H](COc1cccc(C(=N)N)c1)Cc1ccc(OC2CCN(C(=O)OCc3ccccc3)CC2)cc1.O=C(O)C(F)(F)F. The summed E-state index contributed by atoms with van der Waals surface area (Å²) >= 11 is 0. The number of benzene rings is 3. The molecule has 0 bridgehead atoms. The summed E-state index contributed by atoms with van der Waals surface area (Å²) in [4.78, 5) is 23.0. The van der Waals surface area contributed by atoms with Crippen molar-refractivity contribution in [2.75, 3.05) is 25.4 Å². The largest absolute Gasteiger partial charge is 0.492 e. The van der Waals surface area contributed by atoms with E-state index >= 15 is 0 Å². The third kappa shape index (κ3) is 13.7. The maximum absolute atomic E-state index is 12.4. The highest BCUT2D eigenvalue weighted by Crippen LogP contribution is 2.21. The minimum Gasteiger partial charge on any atom is -0.492 e. The molecule has 1 heterocycles. The molecule has 0 saturated carbocycles. The number of carboxylic acids is 1. The first-order valence-electron chi connectivity index (χ1n) is 15.2. The second-order valence-electron chi connectivity index (χ2n) is 11.0. The van der Waals surface area contributed by atoms with Gasteiger partial charge in [-0.2, -0.15) is 13.2 Å². The number of carbonyl (C=O) groups is 2. The molecule has 1 atom stereocenters. The first kappa shape index (κ1) is 38.6. The van der Waals surface area contributed by atoms with Gasteiger partial charge >= 0.3 is 18.2 Å². The second-order valence-corrected chi connectivity index (χ2v) is 13.0. The zero-order valence-corrected chi connectivity index (χ0v) is 27.5. The van der Waals surface area contributed by atoms with Gasteiger partial charge in [0, 0.05) is 31.5 Å². The quantitative estimate of drug-likeness (QED) is 0.144. The van der Waals surface area contributed by atoms with E-state index in [1.54, 1.807) is 36.1 Å². The summed E-state index contributed by atoms with van der Waals surface area (Å²) < 4.78 is 76.6. The average molecular weight is 709 g/mol. The van der Waals surface area contributed by atoms with Crippen molar-refractivity contribution in [3.8, 4) is 11.5 Å². The van der Waals surface area contributed by atoms with E-state index in [0.29, 0.717) is 49.4 Å². The van der Waals surface area contributed by atoms with Gasteiger partial charge in [-0.1, -0.05) is 54.6 Å². The molecular weight excluding hydrogens is 669 g/mol. The molecule has 3 aromatic carbocycles. The van der Waals surface area contributed by atoms with E-state index in [9.17, 15) is 26.4 Å². The van der Waals surface area contributed by atoms with Crippen LogP contribution in [0.5, 0.6) is 11.5 Å². The van der Waals surface area contributed by atoms with Crippen LogP contribution in [0.25, 0.3) is 0 Å². The molecule has 1 amide bonds. The van der Waals surface area contributed by atoms with Crippen molar-refractivity contribution in [3.05, 3.63) is 95.6 Å². The minimum atomic E-state index is -5.08. The fraction of sp³-hybridized carbons (Fsp3) is 0.364. The van der Waals surface area contributed by atoms with Crippen molar-refractivity contribution in [1.29, 1.82) is 5.41 Å². The molecule has 3 aromatic rings. The maximum atomic E-state index is 12.4. The van der Waals surface area contributed by atoms with Crippen molar-refractivity contribution in [2.45, 2.75) is 51.1 Å². The number of carbonyl (C=O) groups excluding carboxylic acids is 1. The van der Waals surface area contributed by atoms with E-state index in [1.165, 1.54) is 0 Å². The van der Waals surface area contributed by atoms with Crippen LogP contribution < -0.4 is 19.9 Å². The molecule has 12 nitrogen and oxygen atoms in total. The zero-order valence-electron chi connectivity index (χ0n) is 26.7. The molecular formula is C33H39F3N4O8S. The molecule has 49 heavy (non-hydrogen) atoms. The summed E-state index contributed by atoms with van der Waals surface area (Å²) in [6.07, 6.45) is -3.60. The predicted molar refractivity (Wildman–Crippen MR) is 175 cm³/mol. The van der Waals surface area contributed by atoms with Gasteiger partial charge in [-0.15, -0.1) is 0 Å². The molecule has 1 aliphatic heterocycles. The summed E-state index contributed by atoms with van der Waals surface area (Å²) in [6, 6.07) is 23.5. The van der Waals surface area contributed by atoms with Gasteiger partial charge in [0.25, 0.3) is 0 Å². The number of ether oxygens (including phenoxy) is 3. The summed E-state index contributed by atoms with van der Waals surface area (Å²) in [6.45, 7) is 3.06. The number of nitrogens with one attached hydrogen (secondary N) is 2. The third-order valence-corrected chi connectivity index (χ3v) is 8.63. The van der Waals surface area contributed by atoms with Gasteiger partial charge in [-0.05, 0) is 48.7 Å². The average Bonchev–Trinajstić information content (AvgIpc) is 3.07. The second kappa shape index (κ2) is 18.1. The number of piperidine rings is 1. The number of hydrogen-bond donors (Lipinski definition) is 4. The molecule has 1 fully saturated rings. The fourth-order valence-corrected chi connectivity index (χ4v) is 5.40. The Balaban J connectivity index is 0.000000838. The zero-order chi connectivity index (χ0) is 36.0. The molecule has 266 valence electrons. The molecule has 5 N–H and O–H groups in total. The van der Waals surface area contributed by atoms with Gasteiger partial charge in [-0.25, -0.2) is 22.7 Å². The molecule has 16 heteroatoms. The minimum absolute atomic E-state index is 0.0164. The van der Waals surface area contributed by atoms with Crippen LogP contribution in [0.15, 0.2) is 78.9 Å². The Labute approximate surface area is 282 Å². The number of rotatable bonds is 13. The number of aliphatic carboxylic acids is 1. The molecule has 0 radical (unpaired) electrons. The van der Waals surface area contributed by atoms with E-state index in [1.807, 2.05) is 54.6 Å². The Kier molecular flexibility index (Phi) is 14.2. The van der Waals surface area contributed by atoms with Crippen LogP contribution in [0.4, 0.5) is 18.0 Å². The van der Waals surface area contributed by atoms with Crippen LogP contribution in [0.3, 0.4) is 0 Å². The Morgan fingerprint density at radius 1 is 1.00 bits per heavy atom. The van der Waals surface area contributed by atoms with E-state index in [4.69, 9.17) is 35.3 Å². The summed E-state index contributed by atoms with van der Waals surface area (Å²) in [5, 5.41) is 14.7. The smallest absolute Gasteiger partial charge is 0.490 e. The topological polar surface area (TPSA) is 181 Å². The highest BCUT2D eigenvalue weighted by molar-refractivity contribution is 7.89. The van der Waals surface area contributed by atoms with Gasteiger partial charge in [0.05, 0.1) is 11.8 Å². The third-order valence-electron chi connectivity index (χ3n) is 7.18. The number of halogens is 3. The number of nitrogen functional groups attached to an aromatic ring is 1. The van der Waals surface area contributed by atoms with Gasteiger partial charge in [0.15, 0.2) is 0 Å². The number of alkyl halides is 3. The van der Waals surface area contributed by atoms with Crippen LogP contribution in [-0.4, -0.2) is 80.1 Å². The number of sulfonamides is 1. The van der Waals surface area contributed by atoms with Crippen molar-refractivity contribution in [3.63, 3.8) is 0 Å². The van der Waals surface area contributed by atoms with Crippen LogP contribution >= 0.6 is 0 Å². The Bertz CT molecular complexity index is 1630. The first-order chi connectivity index (χ1) is 23.1. The van der Waals surface area contributed by atoms with Crippen LogP contribution in [0.1, 0.15) is 36.5 Å². The number of amidine groups is 1. The lowest BCUT2D eigenvalue weighted by atomic mass is 10.1. The number of hydrogen-bond acceptors (Lipinski definition) is 8. The monoisotopic (exact) mass is 708 g/mol. The number of carboxylic acid groups (broad SMARTS) is 1. The molecule has 0 unspecified atom stereocenters.